The Kier molecular flexibility index (Phi) is 28.0. The molecule has 0 unspecified atom stereocenters. The fourth-order valence-electron chi connectivity index (χ4n) is 10.7. The molecule has 4 aliphatic heterocycles. The number of aliphatic hydroxyl groups excluding tert-OH is 1. The Morgan fingerprint density at radius 3 is 1.54 bits per heavy atom. The number of nitrogens with one attached hydrogen (secondary N) is 4. The zero-order valence-corrected chi connectivity index (χ0v) is 52.8. The van der Waals surface area contributed by atoms with Crippen molar-refractivity contribution in [3.8, 4) is 23.0 Å². The zero-order chi connectivity index (χ0) is 65.4. The van der Waals surface area contributed by atoms with Crippen LogP contribution in [0, 0.1) is 11.8 Å². The smallest absolute Gasteiger partial charge is 0.256 e. The van der Waals surface area contributed by atoms with Crippen LogP contribution in [0.2, 0.25) is 0 Å². The first-order chi connectivity index (χ1) is 43.2. The highest BCUT2D eigenvalue weighted by atomic mass is 16.5. The molecule has 5 atom stereocenters. The summed E-state index contributed by atoms with van der Waals surface area (Å²) < 4.78 is 45.7. The van der Waals surface area contributed by atoms with E-state index in [4.69, 9.17) is 37.9 Å². The van der Waals surface area contributed by atoms with Crippen LogP contribution in [0.1, 0.15) is 93.4 Å². The maximum Gasteiger partial charge on any atom is 0.256 e. The monoisotopic (exact) mass is 1260 g/mol. The van der Waals surface area contributed by atoms with Crippen molar-refractivity contribution in [2.24, 2.45) is 21.8 Å². The highest BCUT2D eigenvalue weighted by Crippen LogP contribution is 2.43. The Labute approximate surface area is 526 Å². The minimum Gasteiger partial charge on any atom is -0.493 e. The Bertz CT molecular complexity index is 2900. The summed E-state index contributed by atoms with van der Waals surface area (Å²) >= 11 is 0. The van der Waals surface area contributed by atoms with Gasteiger partial charge in [0.15, 0.2) is 29.2 Å². The third-order valence-electron chi connectivity index (χ3n) is 15.5. The molecule has 0 bridgehead atoms. The highest BCUT2D eigenvalue weighted by Gasteiger charge is 2.46. The van der Waals surface area contributed by atoms with E-state index in [-0.39, 0.29) is 141 Å². The summed E-state index contributed by atoms with van der Waals surface area (Å²) in [6.07, 6.45) is 0.703. The number of amides is 8. The number of rotatable bonds is 38. The molecule has 4 heterocycles. The molecule has 2 aromatic carbocycles. The van der Waals surface area contributed by atoms with Crippen LogP contribution in [0.15, 0.2) is 58.6 Å². The molecular formula is C63H90N10O17. The lowest BCUT2D eigenvalue weighted by Crippen LogP contribution is -2.55. The molecule has 0 spiro atoms. The summed E-state index contributed by atoms with van der Waals surface area (Å²) in [7, 11) is 2.86. The summed E-state index contributed by atoms with van der Waals surface area (Å²) in [5.41, 5.74) is 2.08. The number of aliphatic imine (C=N–C) groups is 2. The van der Waals surface area contributed by atoms with E-state index < -0.39 is 78.8 Å². The van der Waals surface area contributed by atoms with E-state index in [2.05, 4.69) is 57.8 Å². The Morgan fingerprint density at radius 2 is 1.04 bits per heavy atom. The van der Waals surface area contributed by atoms with Gasteiger partial charge in [0.1, 0.15) is 12.1 Å². The topological polar surface area (TPSA) is 316 Å². The van der Waals surface area contributed by atoms with Crippen molar-refractivity contribution < 1.29 is 81.4 Å². The van der Waals surface area contributed by atoms with Crippen LogP contribution in [0.4, 0.5) is 11.4 Å². The summed E-state index contributed by atoms with van der Waals surface area (Å²) in [6.45, 7) is 25.0. The van der Waals surface area contributed by atoms with Gasteiger partial charge in [-0.1, -0.05) is 52.0 Å². The molecule has 27 heteroatoms. The first kappa shape index (κ1) is 71.1. The number of unbranched alkanes of at least 4 members (excludes halogenated alkanes) is 2. The average Bonchev–Trinajstić information content (AvgIpc) is 1.59. The van der Waals surface area contributed by atoms with E-state index in [0.29, 0.717) is 77.3 Å². The third-order valence-corrected chi connectivity index (χ3v) is 15.5. The summed E-state index contributed by atoms with van der Waals surface area (Å²) in [5.74, 6) is -3.85. The van der Waals surface area contributed by atoms with Gasteiger partial charge in [-0.15, -0.1) is 0 Å². The zero-order valence-electron chi connectivity index (χ0n) is 52.8. The van der Waals surface area contributed by atoms with E-state index >= 15 is 0 Å². The van der Waals surface area contributed by atoms with Crippen LogP contribution in [0.5, 0.6) is 23.0 Å². The van der Waals surface area contributed by atoms with E-state index in [1.807, 2.05) is 0 Å². The van der Waals surface area contributed by atoms with Crippen LogP contribution in [-0.4, -0.2) is 232 Å². The Morgan fingerprint density at radius 1 is 0.589 bits per heavy atom. The van der Waals surface area contributed by atoms with Gasteiger partial charge in [-0.25, -0.2) is 0 Å². The van der Waals surface area contributed by atoms with Gasteiger partial charge in [0.25, 0.3) is 11.8 Å². The molecule has 4 aliphatic rings. The highest BCUT2D eigenvalue weighted by molar-refractivity contribution is 6.09. The third kappa shape index (κ3) is 19.5. The first-order valence-corrected chi connectivity index (χ1v) is 30.5. The molecule has 8 amide bonds. The minimum absolute atomic E-state index is 0.00396. The number of carbonyl (C=O) groups excluding carboxylic acids is 8. The number of aliphatic hydroxyl groups is 1. The van der Waals surface area contributed by atoms with Gasteiger partial charge in [0.05, 0.1) is 141 Å². The first-order valence-electron chi connectivity index (χ1n) is 30.5. The van der Waals surface area contributed by atoms with Gasteiger partial charge in [-0.3, -0.25) is 53.2 Å². The second kappa shape index (κ2) is 35.4. The van der Waals surface area contributed by atoms with Gasteiger partial charge in [0, 0.05) is 44.6 Å². The fourth-order valence-corrected chi connectivity index (χ4v) is 10.7. The predicted octanol–water partition coefficient (Wildman–Crippen LogP) is 2.65. The molecule has 27 nitrogen and oxygen atoms in total. The van der Waals surface area contributed by atoms with E-state index in [1.54, 1.807) is 44.7 Å². The summed E-state index contributed by atoms with van der Waals surface area (Å²) in [4.78, 5) is 123. The quantitative estimate of drug-likeness (QED) is 0.0367. The number of methoxy groups -OCH3 is 2. The van der Waals surface area contributed by atoms with Crippen LogP contribution >= 0.6 is 0 Å². The second-order valence-electron chi connectivity index (χ2n) is 22.8. The van der Waals surface area contributed by atoms with Crippen molar-refractivity contribution in [2.75, 3.05) is 136 Å². The lowest BCUT2D eigenvalue weighted by Gasteiger charge is -2.32. The Hall–Kier alpha value is -7.98. The molecule has 90 heavy (non-hydrogen) atoms. The van der Waals surface area contributed by atoms with Crippen molar-refractivity contribution in [3.05, 3.63) is 59.7 Å². The number of ether oxygens (including phenoxy) is 8. The number of fused-ring (bicyclic) bond motifs is 4. The van der Waals surface area contributed by atoms with Crippen molar-refractivity contribution in [2.45, 2.75) is 103 Å². The molecule has 2 fully saturated rings. The largest absolute Gasteiger partial charge is 0.493 e. The molecule has 2 aromatic rings. The van der Waals surface area contributed by atoms with Crippen LogP contribution < -0.4 is 50.0 Å². The number of anilines is 2. The SMILES string of the molecule is C=NCCOCCOCCC(=O)N[C@H](C(=O)NCC(=O)N1C[C@@H]2CC(=C)CN2C(=O)c2cc(OC)c(OCCCCCOc3cc4c(cc3OC)C(=O)N3CC(=C)C[C@H]3[C@H](O)N4C(=O)CNC(=O)[C@@H](NC(=O)CCOCCOCCN=C)C(C)C)cc21)C(C)C. The Balaban J connectivity index is 1.08. The number of hydrogen-bond donors (Lipinski definition) is 5. The maximum absolute atomic E-state index is 14.4. The minimum atomic E-state index is -1.55. The van der Waals surface area contributed by atoms with Crippen molar-refractivity contribution in [1.82, 2.24) is 31.1 Å². The second-order valence-corrected chi connectivity index (χ2v) is 22.8. The standard InChI is InChI=1S/C63H90N10O17/c1-39(2)57(68-53(74)14-20-85-24-26-87-22-16-64-7)59(78)66-34-55(76)71-38-43-28-41(5)36-70(43)61(80)44-30-49(83-9)51(32-46(44)71)89-18-12-11-13-19-90-52-33-47-45(31-50(52)84-10)62(81)72-37-42(6)29-48(72)63(82)73(47)56(77)35-67-60(79)58(40(3)4)69-54(75)15-21-86-25-27-88-23-17-65-8/h30-33,39-40,43,48,57-58,63,82H,5-8,11-29,34-38H2,1-4,9-10H3,(H,66,78)(H,67,79)(H,68,74)(H,69,75)/t43-,48-,57-,58-,63-/m0/s1. The molecule has 494 valence electrons. The van der Waals surface area contributed by atoms with Crippen molar-refractivity contribution in [3.63, 3.8) is 0 Å². The summed E-state index contributed by atoms with van der Waals surface area (Å²) in [6, 6.07) is 2.85. The van der Waals surface area contributed by atoms with Crippen LogP contribution in [-0.2, 0) is 47.7 Å². The van der Waals surface area contributed by atoms with Crippen LogP contribution in [0.3, 0.4) is 0 Å². The van der Waals surface area contributed by atoms with Gasteiger partial charge >= 0.3 is 0 Å². The van der Waals surface area contributed by atoms with E-state index in [9.17, 15) is 43.5 Å². The van der Waals surface area contributed by atoms with E-state index in [1.165, 1.54) is 36.2 Å². The molecule has 5 N–H and O–H groups in total. The van der Waals surface area contributed by atoms with Gasteiger partial charge < -0.3 is 79.0 Å². The average molecular weight is 1260 g/mol. The normalized spacial score (nSPS) is 17.5. The lowest BCUT2D eigenvalue weighted by molar-refractivity contribution is -0.131. The molecular weight excluding hydrogens is 1170 g/mol. The van der Waals surface area contributed by atoms with Crippen molar-refractivity contribution in [1.29, 1.82) is 0 Å². The molecule has 2 saturated heterocycles. The molecule has 6 rings (SSSR count). The van der Waals surface area contributed by atoms with Gasteiger partial charge in [-0.05, 0) is 69.5 Å². The fraction of sp³-hybridized carbons (Fsp3) is 0.587. The number of hydrogen-bond acceptors (Lipinski definition) is 19. The van der Waals surface area contributed by atoms with Crippen LogP contribution in [0.25, 0.3) is 0 Å². The number of nitrogens with zero attached hydrogens (tertiary/aromatic N) is 6. The van der Waals surface area contributed by atoms with Gasteiger partial charge in [0.2, 0.25) is 35.4 Å². The lowest BCUT2D eigenvalue weighted by atomic mass is 10.0. The maximum atomic E-state index is 14.4. The summed E-state index contributed by atoms with van der Waals surface area (Å²) in [5, 5.41) is 22.8. The number of carbonyl (C=O) groups is 8. The molecule has 0 aliphatic carbocycles. The predicted molar refractivity (Wildman–Crippen MR) is 335 cm³/mol. The van der Waals surface area contributed by atoms with Gasteiger partial charge in [-0.2, -0.15) is 0 Å². The number of benzene rings is 2. The molecule has 0 radical (unpaired) electrons. The molecule has 0 saturated carbocycles. The van der Waals surface area contributed by atoms with E-state index in [0.717, 1.165) is 10.5 Å². The molecule has 0 aromatic heterocycles. The van der Waals surface area contributed by atoms with Crippen molar-refractivity contribution >= 4 is 72.1 Å².